The van der Waals surface area contributed by atoms with Gasteiger partial charge in [0.15, 0.2) is 17.3 Å². The molecule has 1 N–H and O–H groups in total. The Labute approximate surface area is 181 Å². The lowest BCUT2D eigenvalue weighted by molar-refractivity contribution is -0.136. The van der Waals surface area contributed by atoms with Gasteiger partial charge in [0.1, 0.15) is 5.75 Å². The molecule has 0 bridgehead atoms. The van der Waals surface area contributed by atoms with Crippen molar-refractivity contribution in [3.63, 3.8) is 0 Å². The summed E-state index contributed by atoms with van der Waals surface area (Å²) in [7, 11) is 1.43. The molecule has 0 aromatic heterocycles. The molecule has 0 unspecified atom stereocenters. The molecule has 31 heavy (non-hydrogen) atoms. The molecule has 0 radical (unpaired) electrons. The molecule has 3 rings (SSSR count). The number of halogens is 3. The van der Waals surface area contributed by atoms with Gasteiger partial charge in [-0.3, -0.25) is 9.59 Å². The lowest BCUT2D eigenvalue weighted by atomic mass is 10.0. The smallest absolute Gasteiger partial charge is 0.397 e. The van der Waals surface area contributed by atoms with Crippen molar-refractivity contribution < 1.29 is 37.3 Å². The van der Waals surface area contributed by atoms with E-state index >= 15 is 0 Å². The Hall–Kier alpha value is -2.68. The monoisotopic (exact) mass is 454 g/mol. The van der Waals surface area contributed by atoms with Gasteiger partial charge in [0.05, 0.1) is 19.3 Å². The van der Waals surface area contributed by atoms with Crippen LogP contribution in [0.3, 0.4) is 0 Å². The Morgan fingerprint density at radius 2 is 1.81 bits per heavy atom. The molecule has 1 saturated carbocycles. The first-order chi connectivity index (χ1) is 14.7. The molecule has 0 atom stereocenters. The van der Waals surface area contributed by atoms with E-state index in [1.165, 1.54) is 13.2 Å². The number of thioether (sulfide) groups is 1. The van der Waals surface area contributed by atoms with Crippen molar-refractivity contribution in [1.29, 1.82) is 0 Å². The van der Waals surface area contributed by atoms with E-state index in [9.17, 15) is 22.8 Å². The van der Waals surface area contributed by atoms with Gasteiger partial charge in [-0.1, -0.05) is 6.07 Å². The van der Waals surface area contributed by atoms with E-state index in [-0.39, 0.29) is 35.4 Å². The highest BCUT2D eigenvalue weighted by Gasteiger charge is 2.31. The molecule has 9 heteroatoms. The minimum atomic E-state index is -4.30. The summed E-state index contributed by atoms with van der Waals surface area (Å²) in [6, 6.07) is 9.41. The van der Waals surface area contributed by atoms with Crippen LogP contribution in [0.5, 0.6) is 17.2 Å². The van der Waals surface area contributed by atoms with Gasteiger partial charge in [-0.05, 0) is 48.7 Å². The summed E-state index contributed by atoms with van der Waals surface area (Å²) in [6.07, 6.45) is -2.88. The van der Waals surface area contributed by atoms with E-state index in [0.717, 1.165) is 12.8 Å². The topological polar surface area (TPSA) is 72.8 Å². The highest BCUT2D eigenvalue weighted by Crippen LogP contribution is 2.38. The number of ether oxygens (including phenoxy) is 2. The van der Waals surface area contributed by atoms with Gasteiger partial charge in [0, 0.05) is 22.8 Å². The number of carboxylic acids is 1. The van der Waals surface area contributed by atoms with Crippen LogP contribution in [0.2, 0.25) is 0 Å². The summed E-state index contributed by atoms with van der Waals surface area (Å²) in [6.45, 7) is 0. The predicted octanol–water partition coefficient (Wildman–Crippen LogP) is 5.50. The molecular formula is C22H21F3O5S. The van der Waals surface area contributed by atoms with Gasteiger partial charge < -0.3 is 14.6 Å². The fourth-order valence-electron chi connectivity index (χ4n) is 3.01. The molecule has 2 aromatic rings. The maximum atomic E-state index is 12.6. The summed E-state index contributed by atoms with van der Waals surface area (Å²) >= 11 is 0.679. The van der Waals surface area contributed by atoms with E-state index in [1.807, 2.05) is 0 Å². The van der Waals surface area contributed by atoms with E-state index in [4.69, 9.17) is 14.6 Å². The zero-order chi connectivity index (χ0) is 22.6. The van der Waals surface area contributed by atoms with Crippen molar-refractivity contribution >= 4 is 23.5 Å². The third-order valence-corrected chi connectivity index (χ3v) is 5.67. The average Bonchev–Trinajstić information content (AvgIpc) is 3.53. The molecule has 0 heterocycles. The van der Waals surface area contributed by atoms with Crippen LogP contribution in [0.1, 0.15) is 34.3 Å². The highest BCUT2D eigenvalue weighted by atomic mass is 32.2. The van der Waals surface area contributed by atoms with Crippen molar-refractivity contribution in [2.45, 2.75) is 31.2 Å². The number of carboxylic acid groups (broad SMARTS) is 1. The molecule has 1 aliphatic carbocycles. The SMILES string of the molecule is COc1ccc(CC(=O)O)cc1Oc1ccc(C(=O)C2CC2)cc1CSCC(F)(F)F. The van der Waals surface area contributed by atoms with Crippen LogP contribution in [0.15, 0.2) is 36.4 Å². The Bertz CT molecular complexity index is 970. The molecule has 1 fully saturated rings. The summed E-state index contributed by atoms with van der Waals surface area (Å²) in [5.74, 6) is -1.20. The summed E-state index contributed by atoms with van der Waals surface area (Å²) in [4.78, 5) is 23.4. The van der Waals surface area contributed by atoms with Gasteiger partial charge in [0.25, 0.3) is 0 Å². The molecule has 0 saturated heterocycles. The minimum absolute atomic E-state index is 0.00222. The molecule has 5 nitrogen and oxygen atoms in total. The zero-order valence-electron chi connectivity index (χ0n) is 16.7. The number of alkyl halides is 3. The number of aliphatic carboxylic acids is 1. The van der Waals surface area contributed by atoms with Gasteiger partial charge in [-0.2, -0.15) is 13.2 Å². The largest absolute Gasteiger partial charge is 0.493 e. The second-order valence-corrected chi connectivity index (χ2v) is 8.21. The van der Waals surface area contributed by atoms with E-state index < -0.39 is 17.9 Å². The minimum Gasteiger partial charge on any atom is -0.493 e. The maximum absolute atomic E-state index is 12.6. The molecule has 2 aromatic carbocycles. The van der Waals surface area contributed by atoms with Crippen molar-refractivity contribution in [1.82, 2.24) is 0 Å². The van der Waals surface area contributed by atoms with Crippen molar-refractivity contribution in [3.05, 3.63) is 53.1 Å². The number of carbonyl (C=O) groups excluding carboxylic acids is 1. The Kier molecular flexibility index (Phi) is 7.15. The molecule has 0 spiro atoms. The fraction of sp³-hybridized carbons (Fsp3) is 0.364. The molecular weight excluding hydrogens is 433 g/mol. The normalized spacial score (nSPS) is 13.7. The van der Waals surface area contributed by atoms with Gasteiger partial charge in [-0.25, -0.2) is 0 Å². The van der Waals surface area contributed by atoms with Crippen LogP contribution >= 0.6 is 11.8 Å². The molecule has 0 aliphatic heterocycles. The Morgan fingerprint density at radius 1 is 1.10 bits per heavy atom. The number of rotatable bonds is 10. The number of ketones is 1. The molecule has 0 amide bonds. The van der Waals surface area contributed by atoms with Crippen molar-refractivity contribution in [2.75, 3.05) is 12.9 Å². The highest BCUT2D eigenvalue weighted by molar-refractivity contribution is 7.98. The van der Waals surface area contributed by atoms with Crippen molar-refractivity contribution in [2.24, 2.45) is 5.92 Å². The quantitative estimate of drug-likeness (QED) is 0.478. The van der Waals surface area contributed by atoms with E-state index in [0.29, 0.717) is 34.2 Å². The average molecular weight is 454 g/mol. The standard InChI is InChI=1S/C22H21F3O5S/c1-29-18-6-2-13(9-20(26)27)8-19(18)30-17-7-5-15(21(28)14-3-4-14)10-16(17)11-31-12-22(23,24)25/h2,5-8,10,14H,3-4,9,11-12H2,1H3,(H,26,27). The number of carbonyl (C=O) groups is 2. The first-order valence-corrected chi connectivity index (χ1v) is 10.7. The van der Waals surface area contributed by atoms with Crippen LogP contribution in [0.25, 0.3) is 0 Å². The molecule has 1 aliphatic rings. The number of hydrogen-bond donors (Lipinski definition) is 1. The third kappa shape index (κ3) is 6.65. The summed E-state index contributed by atoms with van der Waals surface area (Å²) < 4.78 is 49.0. The summed E-state index contributed by atoms with van der Waals surface area (Å²) in [5, 5.41) is 9.01. The number of Topliss-reactive ketones (excluding diaryl/α,β-unsaturated/α-hetero) is 1. The zero-order valence-corrected chi connectivity index (χ0v) is 17.5. The third-order valence-electron chi connectivity index (χ3n) is 4.62. The Morgan fingerprint density at radius 3 is 2.42 bits per heavy atom. The van der Waals surface area contributed by atoms with Crippen LogP contribution < -0.4 is 9.47 Å². The molecule has 166 valence electrons. The van der Waals surface area contributed by atoms with E-state index in [1.54, 1.807) is 30.3 Å². The van der Waals surface area contributed by atoms with Crippen LogP contribution in [-0.2, 0) is 17.0 Å². The predicted molar refractivity (Wildman–Crippen MR) is 110 cm³/mol. The lowest BCUT2D eigenvalue weighted by Gasteiger charge is -2.16. The van der Waals surface area contributed by atoms with Crippen LogP contribution in [0.4, 0.5) is 13.2 Å². The first-order valence-electron chi connectivity index (χ1n) is 9.54. The number of hydrogen-bond acceptors (Lipinski definition) is 5. The van der Waals surface area contributed by atoms with Crippen molar-refractivity contribution in [3.8, 4) is 17.2 Å². The van der Waals surface area contributed by atoms with Crippen LogP contribution in [0, 0.1) is 5.92 Å². The van der Waals surface area contributed by atoms with Gasteiger partial charge in [0.2, 0.25) is 0 Å². The second kappa shape index (κ2) is 9.64. The van der Waals surface area contributed by atoms with Gasteiger partial charge in [-0.15, -0.1) is 11.8 Å². The fourth-order valence-corrected chi connectivity index (χ4v) is 3.79. The van der Waals surface area contributed by atoms with E-state index in [2.05, 4.69) is 0 Å². The second-order valence-electron chi connectivity index (χ2n) is 7.23. The number of benzene rings is 2. The van der Waals surface area contributed by atoms with Gasteiger partial charge >= 0.3 is 12.1 Å². The number of methoxy groups -OCH3 is 1. The summed E-state index contributed by atoms with van der Waals surface area (Å²) in [5.41, 5.74) is 1.38. The lowest BCUT2D eigenvalue weighted by Crippen LogP contribution is -2.11. The Balaban J connectivity index is 1.89. The maximum Gasteiger partial charge on any atom is 0.397 e. The first kappa shape index (κ1) is 23.0. The van der Waals surface area contributed by atoms with Crippen LogP contribution in [-0.4, -0.2) is 35.9 Å².